The maximum absolute atomic E-state index is 6.17. The van der Waals surface area contributed by atoms with E-state index in [2.05, 4.69) is 317 Å². The highest BCUT2D eigenvalue weighted by Crippen LogP contribution is 2.50. The largest absolute Gasteiger partial charge is 0.456 e. The Morgan fingerprint density at radius 1 is 0.296 bits per heavy atom. The van der Waals surface area contributed by atoms with E-state index in [1.54, 1.807) is 6.33 Å². The van der Waals surface area contributed by atoms with Crippen LogP contribution in [0.1, 0.15) is 25.0 Å². The molecule has 1 aliphatic carbocycles. The Bertz CT molecular complexity index is 6380. The third kappa shape index (κ3) is 9.28. The van der Waals surface area contributed by atoms with Crippen molar-refractivity contribution in [3.05, 3.63) is 345 Å². The van der Waals surface area contributed by atoms with E-state index >= 15 is 0 Å². The van der Waals surface area contributed by atoms with Gasteiger partial charge in [0.05, 0.1) is 33.3 Å². The Kier molecular flexibility index (Phi) is 13.2. The highest BCUT2D eigenvalue weighted by atomic mass is 16.3. The smallest absolute Gasteiger partial charge is 0.136 e. The van der Waals surface area contributed by atoms with Crippen molar-refractivity contribution in [2.75, 3.05) is 0 Å². The standard InChI is InChI=1S/C48H34N2.C44H27N3O/c1-48(2)44-13-7-5-11-39(44)40-25-21-35(28-45(40)48)32-19-23-37(24-20-32)50-46-14-8-6-12-41(46)42-27-34(22-26-47(42)50)31-15-17-33(18-16-31)43-30-49-29-36-9-3-4-10-38(36)43;1-4-15-38-35(12-1)44(46-27-45-38)31-10-7-9-29(25-31)30-21-24-40-37(26-30)34-11-2-5-16-39(34)47(40)32-22-19-28(20-23-32)33-14-8-18-42-43(33)36-13-3-6-17-41(36)48-42/h3-30H,1-2H3;1-27H. The summed E-state index contributed by atoms with van der Waals surface area (Å²) in [6.07, 6.45) is 5.55. The minimum atomic E-state index is -0.0139. The van der Waals surface area contributed by atoms with E-state index in [1.807, 2.05) is 48.8 Å². The van der Waals surface area contributed by atoms with Gasteiger partial charge in [0.15, 0.2) is 0 Å². The Hall–Kier alpha value is -12.8. The van der Waals surface area contributed by atoms with Crippen LogP contribution in [0.25, 0.3) is 177 Å². The molecule has 20 rings (SSSR count). The maximum atomic E-state index is 6.17. The van der Waals surface area contributed by atoms with Crippen LogP contribution in [0, 0.1) is 0 Å². The Labute approximate surface area is 566 Å². The van der Waals surface area contributed by atoms with Gasteiger partial charge in [-0.25, -0.2) is 9.97 Å². The minimum absolute atomic E-state index is 0.0139. The second-order valence-corrected chi connectivity index (χ2v) is 26.3. The highest BCUT2D eigenvalue weighted by molar-refractivity contribution is 6.14. The predicted molar refractivity (Wildman–Crippen MR) is 407 cm³/mol. The van der Waals surface area contributed by atoms with Crippen molar-refractivity contribution in [1.29, 1.82) is 0 Å². The highest BCUT2D eigenvalue weighted by Gasteiger charge is 2.35. The lowest BCUT2D eigenvalue weighted by molar-refractivity contribution is 0.660. The molecule has 0 saturated heterocycles. The summed E-state index contributed by atoms with van der Waals surface area (Å²) in [5.41, 5.74) is 29.2. The van der Waals surface area contributed by atoms with E-state index in [0.717, 1.165) is 77.6 Å². The van der Waals surface area contributed by atoms with Gasteiger partial charge < -0.3 is 13.6 Å². The van der Waals surface area contributed by atoms with Gasteiger partial charge in [0.2, 0.25) is 0 Å². The van der Waals surface area contributed by atoms with E-state index in [1.165, 1.54) is 110 Å². The quantitative estimate of drug-likeness (QED) is 0.152. The van der Waals surface area contributed by atoms with Crippen LogP contribution in [0.5, 0.6) is 0 Å². The van der Waals surface area contributed by atoms with E-state index in [4.69, 9.17) is 4.42 Å². The molecule has 5 heterocycles. The first-order valence-electron chi connectivity index (χ1n) is 33.5. The lowest BCUT2D eigenvalue weighted by atomic mass is 9.81. The van der Waals surface area contributed by atoms with Crippen LogP contribution in [0.4, 0.5) is 0 Å². The lowest BCUT2D eigenvalue weighted by Gasteiger charge is -2.22. The number of rotatable bonds is 8. The summed E-state index contributed by atoms with van der Waals surface area (Å²) in [4.78, 5) is 13.6. The van der Waals surface area contributed by atoms with Gasteiger partial charge in [-0.3, -0.25) is 4.98 Å². The summed E-state index contributed by atoms with van der Waals surface area (Å²) in [5, 5.41) is 10.7. The van der Waals surface area contributed by atoms with Gasteiger partial charge in [-0.05, 0) is 169 Å². The molecule has 0 radical (unpaired) electrons. The average molecular weight is 1250 g/mol. The van der Waals surface area contributed by atoms with E-state index in [9.17, 15) is 0 Å². The van der Waals surface area contributed by atoms with Gasteiger partial charge in [-0.2, -0.15) is 0 Å². The van der Waals surface area contributed by atoms with Crippen molar-refractivity contribution in [3.63, 3.8) is 0 Å². The van der Waals surface area contributed by atoms with Gasteiger partial charge in [-0.15, -0.1) is 0 Å². The molecule has 0 aliphatic heterocycles. The van der Waals surface area contributed by atoms with Crippen LogP contribution in [0.3, 0.4) is 0 Å². The van der Waals surface area contributed by atoms with Crippen molar-refractivity contribution in [2.24, 2.45) is 0 Å². The van der Waals surface area contributed by atoms with Crippen molar-refractivity contribution in [1.82, 2.24) is 24.1 Å². The zero-order valence-corrected chi connectivity index (χ0v) is 53.9. The van der Waals surface area contributed by atoms with E-state index in [0.29, 0.717) is 0 Å². The fourth-order valence-electron chi connectivity index (χ4n) is 15.6. The summed E-state index contributed by atoms with van der Waals surface area (Å²) in [6.45, 7) is 4.69. The van der Waals surface area contributed by atoms with Crippen molar-refractivity contribution >= 4 is 87.2 Å². The number of nitrogens with zero attached hydrogens (tertiary/aromatic N) is 5. The zero-order chi connectivity index (χ0) is 65.0. The molecule has 5 aromatic heterocycles. The predicted octanol–water partition coefficient (Wildman–Crippen LogP) is 24.3. The number of hydrogen-bond acceptors (Lipinski definition) is 4. The van der Waals surface area contributed by atoms with Crippen LogP contribution < -0.4 is 0 Å². The Morgan fingerprint density at radius 2 is 0.786 bits per heavy atom. The molecule has 1 aliphatic rings. The first-order valence-corrected chi connectivity index (χ1v) is 33.5. The van der Waals surface area contributed by atoms with Crippen LogP contribution in [-0.2, 0) is 5.41 Å². The molecule has 0 unspecified atom stereocenters. The monoisotopic (exact) mass is 1250 g/mol. The molecule has 0 amide bonds. The summed E-state index contributed by atoms with van der Waals surface area (Å²) in [5.74, 6) is 0. The molecule has 0 bridgehead atoms. The number of para-hydroxylation sites is 4. The minimum Gasteiger partial charge on any atom is -0.456 e. The normalized spacial score (nSPS) is 12.5. The molecule has 0 N–H and O–H groups in total. The molecule has 0 fully saturated rings. The fourth-order valence-corrected chi connectivity index (χ4v) is 15.6. The van der Waals surface area contributed by atoms with Crippen LogP contribution in [0.15, 0.2) is 339 Å². The molecule has 0 atom stereocenters. The topological polar surface area (TPSA) is 61.7 Å². The number of benzene rings is 14. The van der Waals surface area contributed by atoms with Gasteiger partial charge in [0.1, 0.15) is 17.5 Å². The van der Waals surface area contributed by atoms with Crippen LogP contribution in [-0.4, -0.2) is 24.1 Å². The Balaban J connectivity index is 0.000000137. The van der Waals surface area contributed by atoms with Gasteiger partial charge in [0, 0.05) is 83.4 Å². The molecule has 0 spiro atoms. The zero-order valence-electron chi connectivity index (χ0n) is 53.9. The van der Waals surface area contributed by atoms with Crippen LogP contribution >= 0.6 is 0 Å². The third-order valence-electron chi connectivity index (χ3n) is 20.4. The second kappa shape index (κ2) is 22.7. The molecule has 0 saturated carbocycles. The summed E-state index contributed by atoms with van der Waals surface area (Å²) < 4.78 is 10.9. The van der Waals surface area contributed by atoms with Crippen molar-refractivity contribution in [2.45, 2.75) is 19.3 Å². The lowest BCUT2D eigenvalue weighted by Crippen LogP contribution is -2.14. The molecular weight excluding hydrogens is 1190 g/mol. The number of hydrogen-bond donors (Lipinski definition) is 0. The molecule has 6 nitrogen and oxygen atoms in total. The fraction of sp³-hybridized carbons (Fsp3) is 0.0326. The second-order valence-electron chi connectivity index (χ2n) is 26.3. The molecule has 14 aromatic carbocycles. The summed E-state index contributed by atoms with van der Waals surface area (Å²) in [7, 11) is 0. The summed E-state index contributed by atoms with van der Waals surface area (Å²) in [6, 6.07) is 114. The van der Waals surface area contributed by atoms with Crippen molar-refractivity contribution < 1.29 is 4.42 Å². The van der Waals surface area contributed by atoms with Gasteiger partial charge >= 0.3 is 0 Å². The average Bonchev–Trinajstić information content (AvgIpc) is 1.59. The number of fused-ring (bicyclic) bond motifs is 14. The first kappa shape index (κ1) is 56.7. The SMILES string of the molecule is CC1(C)c2ccccc2-c2ccc(-c3ccc(-n4c5ccccc5c5cc(-c6ccc(-c7cncc8ccccc78)cc6)ccc54)cc3)cc21.c1cc(-c2ccc3c(c2)c2ccccc2n3-c2ccc(-c3cccc4oc5ccccc5c34)cc2)cc(-c2ncnc3ccccc23)c1. The first-order chi connectivity index (χ1) is 48.3. The number of furan rings is 1. The van der Waals surface area contributed by atoms with E-state index in [-0.39, 0.29) is 5.41 Å². The molecule has 460 valence electrons. The van der Waals surface area contributed by atoms with Gasteiger partial charge in [-0.1, -0.05) is 238 Å². The number of aromatic nitrogens is 5. The maximum Gasteiger partial charge on any atom is 0.136 e. The van der Waals surface area contributed by atoms with E-state index < -0.39 is 0 Å². The number of pyridine rings is 1. The third-order valence-corrected chi connectivity index (χ3v) is 20.4. The molecule has 98 heavy (non-hydrogen) atoms. The molecule has 19 aromatic rings. The summed E-state index contributed by atoms with van der Waals surface area (Å²) >= 11 is 0. The molecule has 6 heteroatoms. The van der Waals surface area contributed by atoms with Crippen molar-refractivity contribution in [3.8, 4) is 89.4 Å². The Morgan fingerprint density at radius 3 is 1.52 bits per heavy atom. The molecular formula is C92H61N5O. The van der Waals surface area contributed by atoms with Crippen LogP contribution in [0.2, 0.25) is 0 Å². The van der Waals surface area contributed by atoms with Gasteiger partial charge in [0.25, 0.3) is 0 Å².